The second-order valence-electron chi connectivity index (χ2n) is 5.29. The Kier molecular flexibility index (Phi) is 4.88. The lowest BCUT2D eigenvalue weighted by atomic mass is 10.2. The predicted octanol–water partition coefficient (Wildman–Crippen LogP) is 4.35. The van der Waals surface area contributed by atoms with Crippen molar-refractivity contribution < 1.29 is 18.7 Å². The average Bonchev–Trinajstić information content (AvgIpc) is 3.11. The van der Waals surface area contributed by atoms with E-state index in [9.17, 15) is 24.6 Å². The van der Waals surface area contributed by atoms with Gasteiger partial charge in [-0.05, 0) is 42.5 Å². The van der Waals surface area contributed by atoms with Crippen LogP contribution in [0.15, 0.2) is 64.1 Å². The summed E-state index contributed by atoms with van der Waals surface area (Å²) in [5.74, 6) is 0.491. The number of nitrogens with one attached hydrogen (secondary N) is 1. The number of non-ortho nitro benzene ring substituents is 1. The first-order valence-electron chi connectivity index (χ1n) is 7.52. The molecule has 0 aliphatic rings. The van der Waals surface area contributed by atoms with Crippen LogP contribution in [0.25, 0.3) is 11.3 Å². The van der Waals surface area contributed by atoms with Crippen molar-refractivity contribution in [3.63, 3.8) is 0 Å². The highest BCUT2D eigenvalue weighted by atomic mass is 19.1. The van der Waals surface area contributed by atoms with Gasteiger partial charge in [-0.1, -0.05) is 0 Å². The van der Waals surface area contributed by atoms with Crippen molar-refractivity contribution in [3.8, 4) is 11.3 Å². The van der Waals surface area contributed by atoms with Crippen LogP contribution in [0.1, 0.15) is 5.76 Å². The van der Waals surface area contributed by atoms with Crippen molar-refractivity contribution in [3.05, 3.63) is 86.4 Å². The van der Waals surface area contributed by atoms with E-state index in [1.54, 1.807) is 24.3 Å². The van der Waals surface area contributed by atoms with E-state index in [1.165, 1.54) is 24.4 Å². The second-order valence-corrected chi connectivity index (χ2v) is 5.29. The highest BCUT2D eigenvalue weighted by molar-refractivity contribution is 5.78. The maximum atomic E-state index is 12.9. The maximum Gasteiger partial charge on any atom is 0.301 e. The van der Waals surface area contributed by atoms with Crippen LogP contribution >= 0.6 is 0 Å². The van der Waals surface area contributed by atoms with Gasteiger partial charge in [0.25, 0.3) is 5.69 Å². The average molecular weight is 370 g/mol. The standard InChI is InChI=1S/C17H11FN4O5/c18-12-3-1-11(2-4-12)17-8-6-14(27-17)10-19-20-15-7-5-13(21(23)24)9-16(15)22(25)26/h1-10,20H. The van der Waals surface area contributed by atoms with Crippen LogP contribution in [0.4, 0.5) is 21.5 Å². The fourth-order valence-electron chi connectivity index (χ4n) is 2.24. The number of hydrogen-bond acceptors (Lipinski definition) is 7. The van der Waals surface area contributed by atoms with Gasteiger partial charge < -0.3 is 4.42 Å². The smallest absolute Gasteiger partial charge is 0.301 e. The number of furan rings is 1. The largest absolute Gasteiger partial charge is 0.455 e. The van der Waals surface area contributed by atoms with Gasteiger partial charge in [0.2, 0.25) is 0 Å². The molecule has 0 atom stereocenters. The lowest BCUT2D eigenvalue weighted by Gasteiger charge is -2.01. The molecule has 1 N–H and O–H groups in total. The third-order valence-corrected chi connectivity index (χ3v) is 3.52. The van der Waals surface area contributed by atoms with Crippen LogP contribution in [0.3, 0.4) is 0 Å². The molecule has 0 amide bonds. The topological polar surface area (TPSA) is 124 Å². The number of benzene rings is 2. The van der Waals surface area contributed by atoms with Crippen LogP contribution < -0.4 is 5.43 Å². The number of halogens is 1. The van der Waals surface area contributed by atoms with Crippen molar-refractivity contribution in [2.24, 2.45) is 5.10 Å². The van der Waals surface area contributed by atoms with Crippen LogP contribution in [-0.2, 0) is 0 Å². The zero-order chi connectivity index (χ0) is 19.4. The normalized spacial score (nSPS) is 10.9. The summed E-state index contributed by atoms with van der Waals surface area (Å²) in [6.45, 7) is 0. The molecule has 0 aliphatic carbocycles. The molecule has 1 aromatic heterocycles. The van der Waals surface area contributed by atoms with E-state index in [-0.39, 0.29) is 11.5 Å². The van der Waals surface area contributed by atoms with Crippen LogP contribution in [0.2, 0.25) is 0 Å². The Hall–Kier alpha value is -4.08. The zero-order valence-electron chi connectivity index (χ0n) is 13.5. The summed E-state index contributed by atoms with van der Waals surface area (Å²) in [6, 6.07) is 12.2. The van der Waals surface area contributed by atoms with Crippen LogP contribution in [0.5, 0.6) is 0 Å². The first-order chi connectivity index (χ1) is 12.9. The minimum atomic E-state index is -0.746. The van der Waals surface area contributed by atoms with Gasteiger partial charge in [0, 0.05) is 11.6 Å². The first kappa shape index (κ1) is 17.7. The van der Waals surface area contributed by atoms with E-state index in [4.69, 9.17) is 4.42 Å². The highest BCUT2D eigenvalue weighted by Crippen LogP contribution is 2.29. The Morgan fingerprint density at radius 2 is 1.74 bits per heavy atom. The van der Waals surface area contributed by atoms with E-state index in [0.29, 0.717) is 17.1 Å². The lowest BCUT2D eigenvalue weighted by molar-refractivity contribution is -0.393. The predicted molar refractivity (Wildman–Crippen MR) is 95.1 cm³/mol. The van der Waals surface area contributed by atoms with Crippen molar-refractivity contribution in [2.75, 3.05) is 5.43 Å². The second kappa shape index (κ2) is 7.44. The summed E-state index contributed by atoms with van der Waals surface area (Å²) in [4.78, 5) is 20.3. The molecule has 0 unspecified atom stereocenters. The minimum absolute atomic E-state index is 0.00726. The molecular weight excluding hydrogens is 359 g/mol. The van der Waals surface area contributed by atoms with Crippen molar-refractivity contribution in [1.82, 2.24) is 0 Å². The summed E-state index contributed by atoms with van der Waals surface area (Å²) in [6.07, 6.45) is 1.29. The van der Waals surface area contributed by atoms with Gasteiger partial charge in [-0.3, -0.25) is 25.7 Å². The SMILES string of the molecule is O=[N+]([O-])c1ccc(NN=Cc2ccc(-c3ccc(F)cc3)o2)c([N+](=O)[O-])c1. The van der Waals surface area contributed by atoms with Gasteiger partial charge in [-0.15, -0.1) is 0 Å². The molecule has 3 rings (SSSR count). The van der Waals surface area contributed by atoms with E-state index < -0.39 is 21.2 Å². The molecule has 0 spiro atoms. The Bertz CT molecular complexity index is 1030. The Balaban J connectivity index is 1.75. The monoisotopic (exact) mass is 370 g/mol. The highest BCUT2D eigenvalue weighted by Gasteiger charge is 2.19. The number of nitrogens with zero attached hydrogens (tertiary/aromatic N) is 3. The first-order valence-corrected chi connectivity index (χ1v) is 7.52. The molecule has 2 aromatic carbocycles. The molecule has 0 saturated heterocycles. The maximum absolute atomic E-state index is 12.9. The third kappa shape index (κ3) is 4.12. The molecule has 9 nitrogen and oxygen atoms in total. The fraction of sp³-hybridized carbons (Fsp3) is 0. The van der Waals surface area contributed by atoms with Gasteiger partial charge >= 0.3 is 5.69 Å². The number of hydrogen-bond donors (Lipinski definition) is 1. The van der Waals surface area contributed by atoms with Gasteiger partial charge in [0.15, 0.2) is 0 Å². The van der Waals surface area contributed by atoms with Gasteiger partial charge in [0.05, 0.1) is 22.1 Å². The zero-order valence-corrected chi connectivity index (χ0v) is 13.5. The van der Waals surface area contributed by atoms with E-state index in [2.05, 4.69) is 10.5 Å². The van der Waals surface area contributed by atoms with Crippen LogP contribution in [-0.4, -0.2) is 16.1 Å². The number of nitro benzene ring substituents is 2. The molecule has 1 heterocycles. The third-order valence-electron chi connectivity index (χ3n) is 3.52. The summed E-state index contributed by atoms with van der Waals surface area (Å²) in [7, 11) is 0. The molecular formula is C17H11FN4O5. The number of nitro groups is 2. The van der Waals surface area contributed by atoms with Crippen molar-refractivity contribution in [1.29, 1.82) is 0 Å². The summed E-state index contributed by atoms with van der Waals surface area (Å²) in [5, 5.41) is 25.6. The minimum Gasteiger partial charge on any atom is -0.455 e. The molecule has 0 radical (unpaired) electrons. The number of rotatable bonds is 6. The van der Waals surface area contributed by atoms with Gasteiger partial charge in [0.1, 0.15) is 23.0 Å². The summed E-state index contributed by atoms with van der Waals surface area (Å²) >= 11 is 0. The number of anilines is 1. The summed E-state index contributed by atoms with van der Waals surface area (Å²) in [5.41, 5.74) is 2.25. The van der Waals surface area contributed by atoms with Crippen LogP contribution in [0, 0.1) is 26.0 Å². The van der Waals surface area contributed by atoms with Gasteiger partial charge in [-0.25, -0.2) is 4.39 Å². The molecule has 0 aliphatic heterocycles. The molecule has 3 aromatic rings. The molecule has 27 heavy (non-hydrogen) atoms. The molecule has 0 bridgehead atoms. The molecule has 10 heteroatoms. The lowest BCUT2D eigenvalue weighted by Crippen LogP contribution is -1.98. The van der Waals surface area contributed by atoms with Crippen molar-refractivity contribution >= 4 is 23.3 Å². The Morgan fingerprint density at radius 1 is 1.00 bits per heavy atom. The molecule has 136 valence electrons. The number of hydrazone groups is 1. The van der Waals surface area contributed by atoms with Crippen molar-refractivity contribution in [2.45, 2.75) is 0 Å². The van der Waals surface area contributed by atoms with E-state index in [1.807, 2.05) is 0 Å². The quantitative estimate of drug-likeness (QED) is 0.391. The Morgan fingerprint density at radius 3 is 2.41 bits per heavy atom. The van der Waals surface area contributed by atoms with E-state index in [0.717, 1.165) is 12.1 Å². The molecule has 0 fully saturated rings. The summed E-state index contributed by atoms with van der Waals surface area (Å²) < 4.78 is 18.5. The molecule has 0 saturated carbocycles. The van der Waals surface area contributed by atoms with Gasteiger partial charge in [-0.2, -0.15) is 5.10 Å². The van der Waals surface area contributed by atoms with E-state index >= 15 is 0 Å². The fourth-order valence-corrected chi connectivity index (χ4v) is 2.24. The Labute approximate surface area is 151 Å².